The SMILES string of the molecule is CCCCCC(C)NC(=O)CNCCC(C)CCC(=O)O. The van der Waals surface area contributed by atoms with Crippen molar-refractivity contribution in [3.05, 3.63) is 0 Å². The van der Waals surface area contributed by atoms with Crippen molar-refractivity contribution < 1.29 is 14.7 Å². The molecular weight excluding hydrogens is 268 g/mol. The third kappa shape index (κ3) is 13.6. The molecule has 0 aromatic rings. The molecule has 124 valence electrons. The van der Waals surface area contributed by atoms with Gasteiger partial charge in [0, 0.05) is 12.5 Å². The minimum Gasteiger partial charge on any atom is -0.481 e. The van der Waals surface area contributed by atoms with E-state index in [4.69, 9.17) is 5.11 Å². The molecule has 5 nitrogen and oxygen atoms in total. The second-order valence-corrected chi connectivity index (χ2v) is 5.97. The zero-order valence-electron chi connectivity index (χ0n) is 13.8. The van der Waals surface area contributed by atoms with E-state index in [0.29, 0.717) is 18.9 Å². The Hall–Kier alpha value is -1.10. The number of carbonyl (C=O) groups is 2. The van der Waals surface area contributed by atoms with Crippen LogP contribution in [0, 0.1) is 5.92 Å². The van der Waals surface area contributed by atoms with Gasteiger partial charge in [0.15, 0.2) is 0 Å². The van der Waals surface area contributed by atoms with Gasteiger partial charge in [0.05, 0.1) is 6.54 Å². The van der Waals surface area contributed by atoms with Crippen LogP contribution in [0.1, 0.15) is 65.7 Å². The number of rotatable bonds is 13. The van der Waals surface area contributed by atoms with Crippen molar-refractivity contribution in [3.63, 3.8) is 0 Å². The fourth-order valence-electron chi connectivity index (χ4n) is 2.16. The van der Waals surface area contributed by atoms with Crippen LogP contribution in [0.2, 0.25) is 0 Å². The fraction of sp³-hybridized carbons (Fsp3) is 0.875. The highest BCUT2D eigenvalue weighted by atomic mass is 16.4. The molecule has 2 unspecified atom stereocenters. The van der Waals surface area contributed by atoms with Gasteiger partial charge in [0.1, 0.15) is 0 Å². The summed E-state index contributed by atoms with van der Waals surface area (Å²) >= 11 is 0. The average molecular weight is 300 g/mol. The number of unbranched alkanes of at least 4 members (excludes halogenated alkanes) is 2. The largest absolute Gasteiger partial charge is 0.481 e. The number of hydrogen-bond donors (Lipinski definition) is 3. The summed E-state index contributed by atoms with van der Waals surface area (Å²) in [7, 11) is 0. The summed E-state index contributed by atoms with van der Waals surface area (Å²) in [5, 5.41) is 14.7. The van der Waals surface area contributed by atoms with Gasteiger partial charge in [-0.3, -0.25) is 9.59 Å². The maximum absolute atomic E-state index is 11.7. The molecule has 0 aromatic heterocycles. The molecule has 0 heterocycles. The van der Waals surface area contributed by atoms with Crippen molar-refractivity contribution >= 4 is 11.9 Å². The lowest BCUT2D eigenvalue weighted by Crippen LogP contribution is -2.39. The second-order valence-electron chi connectivity index (χ2n) is 5.97. The smallest absolute Gasteiger partial charge is 0.303 e. The minimum atomic E-state index is -0.744. The van der Waals surface area contributed by atoms with Gasteiger partial charge in [-0.25, -0.2) is 0 Å². The molecule has 0 saturated heterocycles. The maximum atomic E-state index is 11.7. The number of carboxylic acids is 1. The summed E-state index contributed by atoms with van der Waals surface area (Å²) in [6.07, 6.45) is 6.41. The van der Waals surface area contributed by atoms with Gasteiger partial charge in [-0.15, -0.1) is 0 Å². The minimum absolute atomic E-state index is 0.0391. The molecule has 0 spiro atoms. The van der Waals surface area contributed by atoms with E-state index >= 15 is 0 Å². The van der Waals surface area contributed by atoms with Crippen molar-refractivity contribution in [3.8, 4) is 0 Å². The van der Waals surface area contributed by atoms with Crippen LogP contribution in [0.15, 0.2) is 0 Å². The number of carbonyl (C=O) groups excluding carboxylic acids is 1. The first kappa shape index (κ1) is 19.9. The Labute approximate surface area is 128 Å². The molecule has 0 aliphatic carbocycles. The Morgan fingerprint density at radius 2 is 1.81 bits per heavy atom. The highest BCUT2D eigenvalue weighted by molar-refractivity contribution is 5.78. The quantitative estimate of drug-likeness (QED) is 0.457. The van der Waals surface area contributed by atoms with Gasteiger partial charge in [-0.1, -0.05) is 33.1 Å². The van der Waals surface area contributed by atoms with E-state index in [1.165, 1.54) is 12.8 Å². The molecular formula is C16H32N2O3. The van der Waals surface area contributed by atoms with Crippen LogP contribution in [-0.4, -0.2) is 36.1 Å². The summed E-state index contributed by atoms with van der Waals surface area (Å²) < 4.78 is 0. The van der Waals surface area contributed by atoms with Crippen molar-refractivity contribution in [2.45, 2.75) is 71.8 Å². The van der Waals surface area contributed by atoms with E-state index in [1.54, 1.807) is 0 Å². The molecule has 0 rings (SSSR count). The predicted octanol–water partition coefficient (Wildman–Crippen LogP) is 2.55. The van der Waals surface area contributed by atoms with E-state index in [0.717, 1.165) is 25.8 Å². The van der Waals surface area contributed by atoms with Crippen LogP contribution in [0.4, 0.5) is 0 Å². The van der Waals surface area contributed by atoms with Crippen molar-refractivity contribution in [1.29, 1.82) is 0 Å². The molecule has 21 heavy (non-hydrogen) atoms. The van der Waals surface area contributed by atoms with Gasteiger partial charge in [0.2, 0.25) is 5.91 Å². The first-order valence-electron chi connectivity index (χ1n) is 8.17. The molecule has 0 radical (unpaired) electrons. The Kier molecular flexibility index (Phi) is 12.0. The van der Waals surface area contributed by atoms with Crippen molar-refractivity contribution in [1.82, 2.24) is 10.6 Å². The van der Waals surface area contributed by atoms with Crippen LogP contribution >= 0.6 is 0 Å². The summed E-state index contributed by atoms with van der Waals surface area (Å²) in [6, 6.07) is 0.236. The number of amides is 1. The summed E-state index contributed by atoms with van der Waals surface area (Å²) in [6.45, 7) is 7.34. The first-order valence-corrected chi connectivity index (χ1v) is 8.17. The van der Waals surface area contributed by atoms with Crippen LogP contribution in [0.25, 0.3) is 0 Å². The lowest BCUT2D eigenvalue weighted by molar-refractivity contribution is -0.137. The maximum Gasteiger partial charge on any atom is 0.303 e. The number of aliphatic carboxylic acids is 1. The summed E-state index contributed by atoms with van der Waals surface area (Å²) in [4.78, 5) is 22.1. The Balaban J connectivity index is 3.54. The number of nitrogens with one attached hydrogen (secondary N) is 2. The summed E-state index contributed by atoms with van der Waals surface area (Å²) in [5.41, 5.74) is 0. The molecule has 0 aromatic carbocycles. The Morgan fingerprint density at radius 3 is 2.43 bits per heavy atom. The molecule has 5 heteroatoms. The molecule has 3 N–H and O–H groups in total. The third-order valence-electron chi connectivity index (χ3n) is 3.60. The van der Waals surface area contributed by atoms with E-state index in [-0.39, 0.29) is 18.4 Å². The van der Waals surface area contributed by atoms with Crippen LogP contribution in [0.5, 0.6) is 0 Å². The van der Waals surface area contributed by atoms with E-state index in [9.17, 15) is 9.59 Å². The standard InChI is InChI=1S/C16H32N2O3/c1-4-5-6-7-14(3)18-15(19)12-17-11-10-13(2)8-9-16(20)21/h13-14,17H,4-12H2,1-3H3,(H,18,19)(H,20,21). The highest BCUT2D eigenvalue weighted by Gasteiger charge is 2.08. The average Bonchev–Trinajstić information content (AvgIpc) is 2.41. The highest BCUT2D eigenvalue weighted by Crippen LogP contribution is 2.09. The second kappa shape index (κ2) is 12.6. The predicted molar refractivity (Wildman–Crippen MR) is 85.3 cm³/mol. The van der Waals surface area contributed by atoms with Gasteiger partial charge in [-0.05, 0) is 38.6 Å². The number of hydrogen-bond acceptors (Lipinski definition) is 3. The van der Waals surface area contributed by atoms with Gasteiger partial charge in [0.25, 0.3) is 0 Å². The topological polar surface area (TPSA) is 78.4 Å². The molecule has 0 fully saturated rings. The van der Waals surface area contributed by atoms with E-state index in [2.05, 4.69) is 17.6 Å². The van der Waals surface area contributed by atoms with Gasteiger partial charge < -0.3 is 15.7 Å². The zero-order valence-corrected chi connectivity index (χ0v) is 13.8. The Morgan fingerprint density at radius 1 is 1.10 bits per heavy atom. The molecule has 1 amide bonds. The van der Waals surface area contributed by atoms with Crippen LogP contribution < -0.4 is 10.6 Å². The fourth-order valence-corrected chi connectivity index (χ4v) is 2.16. The van der Waals surface area contributed by atoms with Crippen LogP contribution in [-0.2, 0) is 9.59 Å². The van der Waals surface area contributed by atoms with Gasteiger partial charge >= 0.3 is 5.97 Å². The monoisotopic (exact) mass is 300 g/mol. The first-order chi connectivity index (χ1) is 9.95. The lowest BCUT2D eigenvalue weighted by atomic mass is 10.0. The molecule has 0 aliphatic heterocycles. The molecule has 2 atom stereocenters. The van der Waals surface area contributed by atoms with E-state index < -0.39 is 5.97 Å². The van der Waals surface area contributed by atoms with Crippen molar-refractivity contribution in [2.75, 3.05) is 13.1 Å². The number of carboxylic acid groups (broad SMARTS) is 1. The Bertz CT molecular complexity index is 295. The van der Waals surface area contributed by atoms with Crippen LogP contribution in [0.3, 0.4) is 0 Å². The molecule has 0 aliphatic rings. The van der Waals surface area contributed by atoms with Crippen molar-refractivity contribution in [2.24, 2.45) is 5.92 Å². The normalized spacial score (nSPS) is 13.7. The third-order valence-corrected chi connectivity index (χ3v) is 3.60. The molecule has 0 bridgehead atoms. The zero-order chi connectivity index (χ0) is 16.1. The molecule has 0 saturated carbocycles. The lowest BCUT2D eigenvalue weighted by Gasteiger charge is -2.14. The summed E-state index contributed by atoms with van der Waals surface area (Å²) in [5.74, 6) is -0.340. The van der Waals surface area contributed by atoms with E-state index in [1.807, 2.05) is 13.8 Å². The van der Waals surface area contributed by atoms with Gasteiger partial charge in [-0.2, -0.15) is 0 Å².